The lowest BCUT2D eigenvalue weighted by Crippen LogP contribution is -2.35. The van der Waals surface area contributed by atoms with E-state index >= 15 is 0 Å². The lowest BCUT2D eigenvalue weighted by molar-refractivity contribution is -0.115. The van der Waals surface area contributed by atoms with Gasteiger partial charge in [-0.2, -0.15) is 0 Å². The van der Waals surface area contributed by atoms with E-state index in [4.69, 9.17) is 10.5 Å². The third kappa shape index (κ3) is 2.24. The van der Waals surface area contributed by atoms with Gasteiger partial charge in [0, 0.05) is 12.1 Å². The molecule has 2 aromatic carbocycles. The third-order valence-electron chi connectivity index (χ3n) is 3.36. The minimum absolute atomic E-state index is 0.0288. The maximum atomic E-state index is 14.3. The Labute approximate surface area is 121 Å². The number of carbonyl (C=O) groups excluding carboxylic acids is 1. The molecule has 1 aliphatic heterocycles. The summed E-state index contributed by atoms with van der Waals surface area (Å²) >= 11 is 0. The molecular weight excluding hydrogens is 273 g/mol. The Balaban J connectivity index is 2.15. The molecular formula is C15H14FN3O2. The van der Waals surface area contributed by atoms with Crippen LogP contribution in [0.15, 0.2) is 36.4 Å². The number of nitrogens with one attached hydrogen (secondary N) is 1. The number of methoxy groups -OCH3 is 1. The minimum atomic E-state index is -0.502. The molecule has 108 valence electrons. The van der Waals surface area contributed by atoms with Crippen LogP contribution in [0.25, 0.3) is 0 Å². The SMILES string of the molecule is COc1cc(N2CC(=O)Nc3ccccc32)c(F)cc1N. The number of hydrogen-bond donors (Lipinski definition) is 2. The van der Waals surface area contributed by atoms with Crippen molar-refractivity contribution in [2.75, 3.05) is 29.6 Å². The molecule has 1 heterocycles. The number of carbonyl (C=O) groups is 1. The van der Waals surface area contributed by atoms with Crippen LogP contribution in [0, 0.1) is 5.82 Å². The number of amides is 1. The molecule has 3 rings (SSSR count). The molecule has 0 aromatic heterocycles. The van der Waals surface area contributed by atoms with Gasteiger partial charge in [0.2, 0.25) is 5.91 Å². The summed E-state index contributed by atoms with van der Waals surface area (Å²) in [4.78, 5) is 13.4. The van der Waals surface area contributed by atoms with E-state index in [2.05, 4.69) is 5.32 Å². The molecule has 5 nitrogen and oxygen atoms in total. The predicted molar refractivity (Wildman–Crippen MR) is 79.4 cm³/mol. The third-order valence-corrected chi connectivity index (χ3v) is 3.36. The van der Waals surface area contributed by atoms with Crippen LogP contribution < -0.4 is 20.7 Å². The van der Waals surface area contributed by atoms with Crippen LogP contribution in [0.2, 0.25) is 0 Å². The first kappa shape index (κ1) is 13.2. The van der Waals surface area contributed by atoms with Crippen molar-refractivity contribution in [2.45, 2.75) is 0 Å². The predicted octanol–water partition coefficient (Wildman–Crippen LogP) is 2.51. The molecule has 0 aliphatic carbocycles. The average Bonchev–Trinajstić information content (AvgIpc) is 2.46. The van der Waals surface area contributed by atoms with Gasteiger partial charge in [-0.15, -0.1) is 0 Å². The number of benzene rings is 2. The Morgan fingerprint density at radius 1 is 1.29 bits per heavy atom. The van der Waals surface area contributed by atoms with Crippen molar-refractivity contribution in [3.8, 4) is 5.75 Å². The summed E-state index contributed by atoms with van der Waals surface area (Å²) in [7, 11) is 1.46. The molecule has 1 amide bonds. The summed E-state index contributed by atoms with van der Waals surface area (Å²) in [6.07, 6.45) is 0. The van der Waals surface area contributed by atoms with Gasteiger partial charge in [-0.25, -0.2) is 4.39 Å². The molecule has 0 saturated heterocycles. The molecule has 3 N–H and O–H groups in total. The summed E-state index contributed by atoms with van der Waals surface area (Å²) in [5, 5.41) is 2.76. The lowest BCUT2D eigenvalue weighted by Gasteiger charge is -2.31. The van der Waals surface area contributed by atoms with E-state index in [0.29, 0.717) is 11.4 Å². The molecule has 1 aliphatic rings. The summed E-state index contributed by atoms with van der Waals surface area (Å²) in [5.41, 5.74) is 7.53. The highest BCUT2D eigenvalue weighted by molar-refractivity contribution is 6.03. The smallest absolute Gasteiger partial charge is 0.244 e. The molecule has 21 heavy (non-hydrogen) atoms. The van der Waals surface area contributed by atoms with Crippen molar-refractivity contribution in [1.29, 1.82) is 0 Å². The quantitative estimate of drug-likeness (QED) is 0.833. The van der Waals surface area contributed by atoms with Gasteiger partial charge in [-0.3, -0.25) is 4.79 Å². The topological polar surface area (TPSA) is 67.6 Å². The van der Waals surface area contributed by atoms with Crippen molar-refractivity contribution >= 4 is 28.7 Å². The van der Waals surface area contributed by atoms with Crippen molar-refractivity contribution in [1.82, 2.24) is 0 Å². The van der Waals surface area contributed by atoms with Crippen LogP contribution in [0.3, 0.4) is 0 Å². The number of hydrogen-bond acceptors (Lipinski definition) is 4. The molecule has 6 heteroatoms. The molecule has 0 saturated carbocycles. The van der Waals surface area contributed by atoms with E-state index in [1.807, 2.05) is 18.2 Å². The maximum absolute atomic E-state index is 14.3. The highest BCUT2D eigenvalue weighted by Gasteiger charge is 2.25. The van der Waals surface area contributed by atoms with Crippen LogP contribution in [-0.4, -0.2) is 19.6 Å². The molecule has 2 aromatic rings. The fourth-order valence-electron chi connectivity index (χ4n) is 2.39. The molecule has 0 spiro atoms. The van der Waals surface area contributed by atoms with Gasteiger partial charge in [-0.05, 0) is 12.1 Å². The first-order valence-corrected chi connectivity index (χ1v) is 6.39. The number of nitrogens with two attached hydrogens (primary N) is 1. The number of nitrogens with zero attached hydrogens (tertiary/aromatic N) is 1. The normalized spacial score (nSPS) is 13.6. The van der Waals surface area contributed by atoms with Gasteiger partial charge in [-0.1, -0.05) is 12.1 Å². The van der Waals surface area contributed by atoms with Crippen LogP contribution in [0.5, 0.6) is 5.75 Å². The van der Waals surface area contributed by atoms with E-state index in [0.717, 1.165) is 5.69 Å². The average molecular weight is 287 g/mol. The van der Waals surface area contributed by atoms with Gasteiger partial charge in [0.1, 0.15) is 18.1 Å². The summed E-state index contributed by atoms with van der Waals surface area (Å²) in [5.74, 6) is -0.337. The molecule has 0 unspecified atom stereocenters. The highest BCUT2D eigenvalue weighted by Crippen LogP contribution is 2.39. The van der Waals surface area contributed by atoms with Crippen LogP contribution in [-0.2, 0) is 4.79 Å². The number of anilines is 4. The van der Waals surface area contributed by atoms with Crippen LogP contribution >= 0.6 is 0 Å². The largest absolute Gasteiger partial charge is 0.495 e. The molecule has 0 radical (unpaired) electrons. The molecule has 0 bridgehead atoms. The maximum Gasteiger partial charge on any atom is 0.244 e. The Hall–Kier alpha value is -2.76. The van der Waals surface area contributed by atoms with E-state index in [9.17, 15) is 9.18 Å². The Bertz CT molecular complexity index is 718. The second kappa shape index (κ2) is 4.97. The number of ether oxygens (including phenoxy) is 1. The number of nitrogen functional groups attached to an aromatic ring is 1. The first-order valence-electron chi connectivity index (χ1n) is 6.39. The van der Waals surface area contributed by atoms with Crippen LogP contribution in [0.1, 0.15) is 0 Å². The Kier molecular flexibility index (Phi) is 3.13. The molecule has 0 atom stereocenters. The van der Waals surface area contributed by atoms with Crippen molar-refractivity contribution < 1.29 is 13.9 Å². The van der Waals surface area contributed by atoms with Crippen molar-refractivity contribution in [3.05, 3.63) is 42.2 Å². The summed E-state index contributed by atoms with van der Waals surface area (Å²) < 4.78 is 19.4. The number of halogens is 1. The summed E-state index contributed by atoms with van der Waals surface area (Å²) in [6.45, 7) is 0.0288. The van der Waals surface area contributed by atoms with E-state index in [1.165, 1.54) is 19.2 Å². The molecule has 0 fully saturated rings. The van der Waals surface area contributed by atoms with Crippen LogP contribution in [0.4, 0.5) is 27.1 Å². The number of fused-ring (bicyclic) bond motifs is 1. The van der Waals surface area contributed by atoms with Gasteiger partial charge in [0.05, 0.1) is 29.9 Å². The van der Waals surface area contributed by atoms with Crippen molar-refractivity contribution in [3.63, 3.8) is 0 Å². The second-order valence-electron chi connectivity index (χ2n) is 4.70. The fraction of sp³-hybridized carbons (Fsp3) is 0.133. The Morgan fingerprint density at radius 3 is 2.81 bits per heavy atom. The number of para-hydroxylation sites is 2. The van der Waals surface area contributed by atoms with Crippen molar-refractivity contribution in [2.24, 2.45) is 0 Å². The van der Waals surface area contributed by atoms with E-state index in [-0.39, 0.29) is 23.8 Å². The Morgan fingerprint density at radius 2 is 2.05 bits per heavy atom. The van der Waals surface area contributed by atoms with Gasteiger partial charge < -0.3 is 20.7 Å². The van der Waals surface area contributed by atoms with Gasteiger partial charge in [0.25, 0.3) is 0 Å². The minimum Gasteiger partial charge on any atom is -0.495 e. The summed E-state index contributed by atoms with van der Waals surface area (Å²) in [6, 6.07) is 9.92. The zero-order chi connectivity index (χ0) is 15.0. The lowest BCUT2D eigenvalue weighted by atomic mass is 10.1. The first-order chi connectivity index (χ1) is 10.1. The second-order valence-corrected chi connectivity index (χ2v) is 4.70. The monoisotopic (exact) mass is 287 g/mol. The van der Waals surface area contributed by atoms with E-state index in [1.54, 1.807) is 11.0 Å². The van der Waals surface area contributed by atoms with Gasteiger partial charge >= 0.3 is 0 Å². The van der Waals surface area contributed by atoms with E-state index < -0.39 is 5.82 Å². The standard InChI is InChI=1S/C15H14FN3O2/c1-21-14-7-13(9(16)6-10(14)17)19-8-15(20)18-11-4-2-3-5-12(11)19/h2-7H,8,17H2,1H3,(H,18,20). The van der Waals surface area contributed by atoms with Gasteiger partial charge in [0.15, 0.2) is 0 Å². The highest BCUT2D eigenvalue weighted by atomic mass is 19.1. The number of rotatable bonds is 2. The zero-order valence-corrected chi connectivity index (χ0v) is 11.4. The fourth-order valence-corrected chi connectivity index (χ4v) is 2.39. The zero-order valence-electron chi connectivity index (χ0n) is 11.4.